The van der Waals surface area contributed by atoms with Gasteiger partial charge in [-0.15, -0.1) is 11.8 Å². The zero-order valence-electron chi connectivity index (χ0n) is 8.07. The minimum atomic E-state index is -0.761. The number of hydrogen-bond acceptors (Lipinski definition) is 2. The first kappa shape index (κ1) is 10.5. The largest absolute Gasteiger partial charge is 0.480 e. The van der Waals surface area contributed by atoms with Crippen molar-refractivity contribution in [3.8, 4) is 0 Å². The third kappa shape index (κ3) is 2.00. The predicted octanol–water partition coefficient (Wildman–Crippen LogP) is 2.93. The van der Waals surface area contributed by atoms with Gasteiger partial charge in [0.2, 0.25) is 0 Å². The Kier molecular flexibility index (Phi) is 2.69. The Morgan fingerprint density at radius 3 is 2.33 bits per heavy atom. The Balaban J connectivity index is 2.13. The molecule has 0 aromatic heterocycles. The number of hydrogen-bond donors (Lipinski definition) is 1. The number of carboxylic acid groups (broad SMARTS) is 1. The lowest BCUT2D eigenvalue weighted by Crippen LogP contribution is -2.41. The molecule has 0 spiro atoms. The molecule has 0 atom stereocenters. The van der Waals surface area contributed by atoms with E-state index in [1.807, 2.05) is 0 Å². The highest BCUT2D eigenvalue weighted by molar-refractivity contribution is 8.01. The Bertz CT molecular complexity index is 371. The quantitative estimate of drug-likeness (QED) is 0.861. The average molecular weight is 226 g/mol. The lowest BCUT2D eigenvalue weighted by Gasteiger charge is -2.36. The minimum Gasteiger partial charge on any atom is -0.480 e. The molecule has 1 aromatic rings. The second-order valence-corrected chi connectivity index (χ2v) is 5.17. The van der Waals surface area contributed by atoms with Gasteiger partial charge in [-0.2, -0.15) is 0 Å². The molecule has 1 saturated carbocycles. The van der Waals surface area contributed by atoms with Crippen molar-refractivity contribution in [1.82, 2.24) is 0 Å². The number of thioether (sulfide) groups is 1. The number of carbonyl (C=O) groups is 1. The van der Waals surface area contributed by atoms with Crippen molar-refractivity contribution in [2.75, 3.05) is 0 Å². The first-order valence-corrected chi connectivity index (χ1v) is 5.62. The van der Waals surface area contributed by atoms with Crippen molar-refractivity contribution >= 4 is 17.7 Å². The molecule has 0 amide bonds. The van der Waals surface area contributed by atoms with Gasteiger partial charge in [-0.25, -0.2) is 4.39 Å². The maximum absolute atomic E-state index is 12.6. The van der Waals surface area contributed by atoms with Crippen LogP contribution in [0.4, 0.5) is 4.39 Å². The Morgan fingerprint density at radius 1 is 1.33 bits per heavy atom. The number of benzene rings is 1. The molecule has 1 fully saturated rings. The molecule has 1 aliphatic rings. The van der Waals surface area contributed by atoms with E-state index in [-0.39, 0.29) is 5.82 Å². The molecule has 4 heteroatoms. The summed E-state index contributed by atoms with van der Waals surface area (Å²) < 4.78 is 12.0. The smallest absolute Gasteiger partial charge is 0.320 e. The molecule has 2 nitrogen and oxygen atoms in total. The maximum atomic E-state index is 12.6. The summed E-state index contributed by atoms with van der Waals surface area (Å²) in [4.78, 5) is 11.9. The molecule has 0 radical (unpaired) electrons. The van der Waals surface area contributed by atoms with Crippen LogP contribution in [0.3, 0.4) is 0 Å². The summed E-state index contributed by atoms with van der Waals surface area (Å²) in [5, 5.41) is 9.10. The van der Waals surface area contributed by atoms with E-state index in [1.54, 1.807) is 12.1 Å². The SMILES string of the molecule is O=C(O)C1(Sc2ccc(F)cc2)CCC1. The second kappa shape index (κ2) is 3.85. The molecule has 0 unspecified atom stereocenters. The molecular formula is C11H11FO2S. The van der Waals surface area contributed by atoms with Gasteiger partial charge >= 0.3 is 5.97 Å². The van der Waals surface area contributed by atoms with Crippen molar-refractivity contribution in [2.24, 2.45) is 0 Å². The van der Waals surface area contributed by atoms with E-state index < -0.39 is 10.7 Å². The fraction of sp³-hybridized carbons (Fsp3) is 0.364. The summed E-state index contributed by atoms with van der Waals surface area (Å²) in [5.74, 6) is -1.06. The summed E-state index contributed by atoms with van der Waals surface area (Å²) in [6, 6.07) is 5.97. The summed E-state index contributed by atoms with van der Waals surface area (Å²) in [5.41, 5.74) is 0. The number of carboxylic acids is 1. The Morgan fingerprint density at radius 2 is 1.93 bits per heavy atom. The summed E-state index contributed by atoms with van der Waals surface area (Å²) in [6.07, 6.45) is 2.36. The monoisotopic (exact) mass is 226 g/mol. The van der Waals surface area contributed by atoms with Gasteiger partial charge in [0.15, 0.2) is 0 Å². The third-order valence-electron chi connectivity index (χ3n) is 2.68. The van der Waals surface area contributed by atoms with Crippen LogP contribution < -0.4 is 0 Å². The van der Waals surface area contributed by atoms with Crippen LogP contribution in [0.25, 0.3) is 0 Å². The highest BCUT2D eigenvalue weighted by Crippen LogP contribution is 2.47. The van der Waals surface area contributed by atoms with Crippen LogP contribution in [0.1, 0.15) is 19.3 Å². The van der Waals surface area contributed by atoms with Crippen LogP contribution in [0, 0.1) is 5.82 Å². The van der Waals surface area contributed by atoms with Crippen LogP contribution >= 0.6 is 11.8 Å². The minimum absolute atomic E-state index is 0.294. The van der Waals surface area contributed by atoms with Crippen LogP contribution in [0.15, 0.2) is 29.2 Å². The van der Waals surface area contributed by atoms with Gasteiger partial charge in [-0.05, 0) is 43.5 Å². The third-order valence-corrected chi connectivity index (χ3v) is 4.16. The first-order chi connectivity index (χ1) is 7.12. The molecule has 0 heterocycles. The zero-order chi connectivity index (χ0) is 10.9. The number of rotatable bonds is 3. The van der Waals surface area contributed by atoms with Gasteiger partial charge in [0.05, 0.1) is 0 Å². The molecule has 2 rings (SSSR count). The summed E-state index contributed by atoms with van der Waals surface area (Å²) >= 11 is 1.33. The second-order valence-electron chi connectivity index (χ2n) is 3.71. The normalized spacial score (nSPS) is 18.2. The van der Waals surface area contributed by atoms with E-state index in [1.165, 1.54) is 23.9 Å². The van der Waals surface area contributed by atoms with Gasteiger partial charge < -0.3 is 5.11 Å². The van der Waals surface area contributed by atoms with Crippen molar-refractivity contribution in [2.45, 2.75) is 28.9 Å². The van der Waals surface area contributed by atoms with Crippen molar-refractivity contribution in [3.05, 3.63) is 30.1 Å². The van der Waals surface area contributed by atoms with E-state index >= 15 is 0 Å². The summed E-state index contributed by atoms with van der Waals surface area (Å²) in [7, 11) is 0. The van der Waals surface area contributed by atoms with E-state index in [9.17, 15) is 9.18 Å². The van der Waals surface area contributed by atoms with Crippen LogP contribution in [-0.2, 0) is 4.79 Å². The van der Waals surface area contributed by atoms with Crippen LogP contribution in [0.5, 0.6) is 0 Å². The Hall–Kier alpha value is -1.03. The van der Waals surface area contributed by atoms with Gasteiger partial charge in [-0.1, -0.05) is 0 Å². The van der Waals surface area contributed by atoms with E-state index in [0.717, 1.165) is 11.3 Å². The Labute approximate surface area is 91.5 Å². The molecule has 1 aliphatic carbocycles. The average Bonchev–Trinajstić information content (AvgIpc) is 2.13. The van der Waals surface area contributed by atoms with Gasteiger partial charge in [0, 0.05) is 4.90 Å². The maximum Gasteiger partial charge on any atom is 0.320 e. The number of halogens is 1. The topological polar surface area (TPSA) is 37.3 Å². The van der Waals surface area contributed by atoms with Crippen LogP contribution in [-0.4, -0.2) is 15.8 Å². The summed E-state index contributed by atoms with van der Waals surface area (Å²) in [6.45, 7) is 0. The molecule has 1 N–H and O–H groups in total. The van der Waals surface area contributed by atoms with Crippen molar-refractivity contribution in [3.63, 3.8) is 0 Å². The molecule has 80 valence electrons. The van der Waals surface area contributed by atoms with Crippen molar-refractivity contribution < 1.29 is 14.3 Å². The highest BCUT2D eigenvalue weighted by atomic mass is 32.2. The lowest BCUT2D eigenvalue weighted by atomic mass is 9.84. The fourth-order valence-corrected chi connectivity index (χ4v) is 2.89. The molecule has 0 aliphatic heterocycles. The molecule has 1 aromatic carbocycles. The standard InChI is InChI=1S/C11H11FO2S/c12-8-2-4-9(5-3-8)15-11(10(13)14)6-1-7-11/h2-5H,1,6-7H2,(H,13,14). The zero-order valence-corrected chi connectivity index (χ0v) is 8.89. The van der Waals surface area contributed by atoms with E-state index in [0.29, 0.717) is 12.8 Å². The van der Waals surface area contributed by atoms with E-state index in [2.05, 4.69) is 0 Å². The van der Waals surface area contributed by atoms with Gasteiger partial charge in [0.1, 0.15) is 10.6 Å². The predicted molar refractivity (Wildman–Crippen MR) is 56.5 cm³/mol. The molecule has 15 heavy (non-hydrogen) atoms. The molecular weight excluding hydrogens is 215 g/mol. The first-order valence-electron chi connectivity index (χ1n) is 4.80. The molecule has 0 bridgehead atoms. The fourth-order valence-electron chi connectivity index (χ4n) is 1.59. The van der Waals surface area contributed by atoms with Gasteiger partial charge in [-0.3, -0.25) is 4.79 Å². The van der Waals surface area contributed by atoms with Crippen molar-refractivity contribution in [1.29, 1.82) is 0 Å². The lowest BCUT2D eigenvalue weighted by molar-refractivity contribution is -0.142. The van der Waals surface area contributed by atoms with Crippen LogP contribution in [0.2, 0.25) is 0 Å². The highest BCUT2D eigenvalue weighted by Gasteiger charge is 2.45. The van der Waals surface area contributed by atoms with E-state index in [4.69, 9.17) is 5.11 Å². The number of aliphatic carboxylic acids is 1. The molecule has 0 saturated heterocycles. The van der Waals surface area contributed by atoms with Gasteiger partial charge in [0.25, 0.3) is 0 Å².